The lowest BCUT2D eigenvalue weighted by molar-refractivity contribution is -0.171. The lowest BCUT2D eigenvalue weighted by Crippen LogP contribution is -2.34. The zero-order valence-electron chi connectivity index (χ0n) is 6.94. The first-order valence-corrected chi connectivity index (χ1v) is 3.30. The third-order valence-electron chi connectivity index (χ3n) is 1.46. The molecule has 64 valence electrons. The Labute approximate surface area is 66.3 Å². The van der Waals surface area contributed by atoms with E-state index in [-0.39, 0.29) is 0 Å². The Hall–Kier alpha value is -0.630. The Morgan fingerprint density at radius 3 is 2.09 bits per heavy atom. The third kappa shape index (κ3) is 2.85. The van der Waals surface area contributed by atoms with Gasteiger partial charge in [-0.05, 0) is 6.92 Å². The molecule has 0 aromatic carbocycles. The highest BCUT2D eigenvalue weighted by Gasteiger charge is 2.23. The van der Waals surface area contributed by atoms with Crippen molar-refractivity contribution in [1.82, 2.24) is 0 Å². The maximum Gasteiger partial charge on any atom is 0.184 e. The molecule has 0 saturated heterocycles. The van der Waals surface area contributed by atoms with Crippen LogP contribution in [-0.2, 0) is 9.47 Å². The van der Waals surface area contributed by atoms with Gasteiger partial charge in [-0.3, -0.25) is 0 Å². The first-order valence-electron chi connectivity index (χ1n) is 3.30. The van der Waals surface area contributed by atoms with Crippen LogP contribution in [0.15, 0.2) is 0 Å². The largest absolute Gasteiger partial charge is 0.386 e. The molecule has 0 heterocycles. The number of hydrogen-bond donors (Lipinski definition) is 1. The van der Waals surface area contributed by atoms with E-state index in [9.17, 15) is 5.11 Å². The smallest absolute Gasteiger partial charge is 0.184 e. The normalized spacial score (nSPS) is 16.0. The summed E-state index contributed by atoms with van der Waals surface area (Å²) in [6, 6.07) is 1.90. The molecule has 0 radical (unpaired) electrons. The molecular weight excluding hydrogens is 146 g/mol. The third-order valence-corrected chi connectivity index (χ3v) is 1.46. The van der Waals surface area contributed by atoms with Crippen molar-refractivity contribution in [2.24, 2.45) is 5.92 Å². The lowest BCUT2D eigenvalue weighted by Gasteiger charge is -2.20. The molecule has 0 amide bonds. The first-order chi connectivity index (χ1) is 5.17. The van der Waals surface area contributed by atoms with Gasteiger partial charge in [-0.25, -0.2) is 0 Å². The summed E-state index contributed by atoms with van der Waals surface area (Å²) in [5.74, 6) is -0.486. The van der Waals surface area contributed by atoms with Crippen molar-refractivity contribution < 1.29 is 14.6 Å². The summed E-state index contributed by atoms with van der Waals surface area (Å²) in [7, 11) is 2.84. The van der Waals surface area contributed by atoms with Crippen LogP contribution in [0.1, 0.15) is 6.92 Å². The van der Waals surface area contributed by atoms with Gasteiger partial charge in [0.25, 0.3) is 0 Å². The van der Waals surface area contributed by atoms with Crippen LogP contribution in [0.3, 0.4) is 0 Å². The molecule has 0 spiro atoms. The van der Waals surface area contributed by atoms with E-state index in [2.05, 4.69) is 0 Å². The highest BCUT2D eigenvalue weighted by molar-refractivity contribution is 4.86. The van der Waals surface area contributed by atoms with Crippen LogP contribution in [0.25, 0.3) is 0 Å². The highest BCUT2D eigenvalue weighted by Crippen LogP contribution is 2.08. The Bertz CT molecular complexity index is 139. The van der Waals surface area contributed by atoms with Crippen molar-refractivity contribution in [2.75, 3.05) is 14.2 Å². The molecule has 4 heteroatoms. The predicted molar refractivity (Wildman–Crippen MR) is 38.6 cm³/mol. The fraction of sp³-hybridized carbons (Fsp3) is 0.857. The molecule has 0 fully saturated rings. The zero-order chi connectivity index (χ0) is 8.85. The van der Waals surface area contributed by atoms with E-state index in [1.165, 1.54) is 14.2 Å². The number of aliphatic hydroxyl groups is 1. The van der Waals surface area contributed by atoms with Crippen LogP contribution < -0.4 is 0 Å². The van der Waals surface area contributed by atoms with Crippen molar-refractivity contribution in [1.29, 1.82) is 5.26 Å². The number of aliphatic hydroxyl groups excluding tert-OH is 1. The lowest BCUT2D eigenvalue weighted by atomic mass is 10.1. The van der Waals surface area contributed by atoms with E-state index in [0.29, 0.717) is 0 Å². The van der Waals surface area contributed by atoms with Crippen LogP contribution >= 0.6 is 0 Å². The quantitative estimate of drug-likeness (QED) is 0.592. The van der Waals surface area contributed by atoms with Crippen LogP contribution in [0.5, 0.6) is 0 Å². The van der Waals surface area contributed by atoms with E-state index in [1.807, 2.05) is 6.07 Å². The first kappa shape index (κ1) is 10.4. The highest BCUT2D eigenvalue weighted by atomic mass is 16.7. The molecule has 4 nitrogen and oxygen atoms in total. The molecule has 2 atom stereocenters. The summed E-state index contributed by atoms with van der Waals surface area (Å²) < 4.78 is 9.52. The van der Waals surface area contributed by atoms with Crippen molar-refractivity contribution in [2.45, 2.75) is 19.3 Å². The molecule has 0 aliphatic carbocycles. The van der Waals surface area contributed by atoms with E-state index < -0.39 is 18.3 Å². The van der Waals surface area contributed by atoms with Gasteiger partial charge >= 0.3 is 0 Å². The van der Waals surface area contributed by atoms with Gasteiger partial charge in [0.1, 0.15) is 6.10 Å². The molecule has 0 aliphatic heterocycles. The van der Waals surface area contributed by atoms with Crippen molar-refractivity contribution in [3.8, 4) is 6.07 Å². The van der Waals surface area contributed by atoms with Crippen LogP contribution in [0.4, 0.5) is 0 Å². The van der Waals surface area contributed by atoms with Crippen LogP contribution in [0, 0.1) is 17.2 Å². The van der Waals surface area contributed by atoms with Gasteiger partial charge < -0.3 is 14.6 Å². The number of nitriles is 1. The van der Waals surface area contributed by atoms with Gasteiger partial charge in [0.2, 0.25) is 0 Å². The fourth-order valence-corrected chi connectivity index (χ4v) is 0.687. The summed E-state index contributed by atoms with van der Waals surface area (Å²) >= 11 is 0. The fourth-order valence-electron chi connectivity index (χ4n) is 0.687. The number of ether oxygens (including phenoxy) is 2. The van der Waals surface area contributed by atoms with E-state index >= 15 is 0 Å². The minimum Gasteiger partial charge on any atom is -0.386 e. The number of hydrogen-bond acceptors (Lipinski definition) is 4. The molecule has 0 rings (SSSR count). The predicted octanol–water partition coefficient (Wildman–Crippen LogP) is 0.126. The molecule has 0 aromatic rings. The monoisotopic (exact) mass is 159 g/mol. The van der Waals surface area contributed by atoms with Crippen LogP contribution in [0.2, 0.25) is 0 Å². The maximum atomic E-state index is 9.30. The summed E-state index contributed by atoms with van der Waals surface area (Å²) in [5, 5.41) is 17.7. The molecule has 11 heavy (non-hydrogen) atoms. The van der Waals surface area contributed by atoms with Gasteiger partial charge in [-0.2, -0.15) is 5.26 Å². The second-order valence-corrected chi connectivity index (χ2v) is 2.25. The van der Waals surface area contributed by atoms with E-state index in [4.69, 9.17) is 14.7 Å². The van der Waals surface area contributed by atoms with E-state index in [1.54, 1.807) is 6.92 Å². The van der Waals surface area contributed by atoms with Crippen molar-refractivity contribution in [3.63, 3.8) is 0 Å². The average Bonchev–Trinajstić information content (AvgIpc) is 2.05. The van der Waals surface area contributed by atoms with Crippen LogP contribution in [-0.4, -0.2) is 31.7 Å². The molecule has 0 aliphatic rings. The zero-order valence-corrected chi connectivity index (χ0v) is 6.94. The van der Waals surface area contributed by atoms with Crippen molar-refractivity contribution in [3.05, 3.63) is 0 Å². The Morgan fingerprint density at radius 1 is 1.36 bits per heavy atom. The van der Waals surface area contributed by atoms with Gasteiger partial charge in [-0.1, -0.05) is 0 Å². The standard InChI is InChI=1S/C7H13NO3/c1-5(4-8)6(9)7(10-2)11-3/h5-7,9H,1-3H3. The molecule has 1 N–H and O–H groups in total. The summed E-state index contributed by atoms with van der Waals surface area (Å²) in [5.41, 5.74) is 0. The minimum atomic E-state index is -0.894. The summed E-state index contributed by atoms with van der Waals surface area (Å²) in [6.45, 7) is 1.61. The van der Waals surface area contributed by atoms with Gasteiger partial charge in [0.15, 0.2) is 6.29 Å². The molecule has 2 unspecified atom stereocenters. The summed E-state index contributed by atoms with van der Waals surface area (Å²) in [6.07, 6.45) is -1.61. The summed E-state index contributed by atoms with van der Waals surface area (Å²) in [4.78, 5) is 0. The Kier molecular flexibility index (Phi) is 4.79. The number of rotatable bonds is 4. The molecule has 0 saturated carbocycles. The molecule has 0 bridgehead atoms. The molecular formula is C7H13NO3. The van der Waals surface area contributed by atoms with Gasteiger partial charge in [-0.15, -0.1) is 0 Å². The Morgan fingerprint density at radius 2 is 1.82 bits per heavy atom. The SMILES string of the molecule is COC(OC)C(O)C(C)C#N. The van der Waals surface area contributed by atoms with E-state index in [0.717, 1.165) is 0 Å². The number of nitrogens with zero attached hydrogens (tertiary/aromatic N) is 1. The number of methoxy groups -OCH3 is 2. The van der Waals surface area contributed by atoms with Crippen molar-refractivity contribution >= 4 is 0 Å². The maximum absolute atomic E-state index is 9.30. The molecule has 0 aromatic heterocycles. The Balaban J connectivity index is 3.99. The topological polar surface area (TPSA) is 62.5 Å². The minimum absolute atomic E-state index is 0.486. The van der Waals surface area contributed by atoms with Gasteiger partial charge in [0.05, 0.1) is 12.0 Å². The second-order valence-electron chi connectivity index (χ2n) is 2.25. The average molecular weight is 159 g/mol. The second kappa shape index (κ2) is 5.08. The van der Waals surface area contributed by atoms with Gasteiger partial charge in [0, 0.05) is 14.2 Å².